The average molecular weight is 255 g/mol. The number of hydrogen-bond donors (Lipinski definition) is 1. The van der Waals surface area contributed by atoms with Crippen molar-refractivity contribution >= 4 is 11.6 Å². The lowest BCUT2D eigenvalue weighted by atomic mass is 9.90. The van der Waals surface area contributed by atoms with E-state index in [1.54, 1.807) is 0 Å². The van der Waals surface area contributed by atoms with E-state index in [4.69, 9.17) is 16.3 Å². The number of benzene rings is 1. The van der Waals surface area contributed by atoms with Crippen molar-refractivity contribution in [1.82, 2.24) is 0 Å². The molecule has 1 aliphatic heterocycles. The van der Waals surface area contributed by atoms with Crippen LogP contribution in [0, 0.1) is 12.8 Å². The molecular weight excluding hydrogens is 236 g/mol. The highest BCUT2D eigenvalue weighted by Gasteiger charge is 2.20. The van der Waals surface area contributed by atoms with Crippen molar-refractivity contribution in [2.45, 2.75) is 32.3 Å². The largest absolute Gasteiger partial charge is 0.388 e. The van der Waals surface area contributed by atoms with Gasteiger partial charge >= 0.3 is 0 Å². The third-order valence-corrected chi connectivity index (χ3v) is 3.73. The van der Waals surface area contributed by atoms with Crippen molar-refractivity contribution in [3.8, 4) is 0 Å². The third-order valence-electron chi connectivity index (χ3n) is 3.50. The fraction of sp³-hybridized carbons (Fsp3) is 0.571. The first kappa shape index (κ1) is 12.9. The maximum atomic E-state index is 10.3. The molecule has 1 aliphatic rings. The summed E-state index contributed by atoms with van der Waals surface area (Å²) in [6.07, 6.45) is 2.51. The van der Waals surface area contributed by atoms with Gasteiger partial charge in [0.1, 0.15) is 0 Å². The number of halogens is 1. The van der Waals surface area contributed by atoms with E-state index in [0.717, 1.165) is 43.6 Å². The first-order chi connectivity index (χ1) is 8.16. The monoisotopic (exact) mass is 254 g/mol. The van der Waals surface area contributed by atoms with E-state index in [-0.39, 0.29) is 0 Å². The Morgan fingerprint density at radius 3 is 2.82 bits per heavy atom. The zero-order valence-electron chi connectivity index (χ0n) is 10.2. The first-order valence-corrected chi connectivity index (χ1v) is 6.56. The summed E-state index contributed by atoms with van der Waals surface area (Å²) in [5.74, 6) is 0.567. The summed E-state index contributed by atoms with van der Waals surface area (Å²) in [5.41, 5.74) is 2.07. The van der Waals surface area contributed by atoms with Crippen molar-refractivity contribution in [2.75, 3.05) is 13.2 Å². The normalized spacial score (nSPS) is 19.2. The Balaban J connectivity index is 2.02. The van der Waals surface area contributed by atoms with Gasteiger partial charge < -0.3 is 9.84 Å². The summed E-state index contributed by atoms with van der Waals surface area (Å²) < 4.78 is 5.33. The van der Waals surface area contributed by atoms with Crippen molar-refractivity contribution in [2.24, 2.45) is 5.92 Å². The van der Waals surface area contributed by atoms with Crippen LogP contribution in [0.15, 0.2) is 18.2 Å². The SMILES string of the molecule is Cc1ccc(Cl)cc1C(O)CC1CCOCC1. The maximum absolute atomic E-state index is 10.3. The first-order valence-electron chi connectivity index (χ1n) is 6.18. The van der Waals surface area contributed by atoms with Crippen LogP contribution in [0.5, 0.6) is 0 Å². The molecule has 0 aliphatic carbocycles. The quantitative estimate of drug-likeness (QED) is 0.895. The lowest BCUT2D eigenvalue weighted by molar-refractivity contribution is 0.0434. The lowest BCUT2D eigenvalue weighted by Gasteiger charge is -2.25. The minimum Gasteiger partial charge on any atom is -0.388 e. The van der Waals surface area contributed by atoms with Crippen molar-refractivity contribution in [3.05, 3.63) is 34.3 Å². The van der Waals surface area contributed by atoms with Gasteiger partial charge in [-0.1, -0.05) is 17.7 Å². The molecule has 1 aromatic rings. The topological polar surface area (TPSA) is 29.5 Å². The second-order valence-electron chi connectivity index (χ2n) is 4.81. The molecule has 0 spiro atoms. The summed E-state index contributed by atoms with van der Waals surface area (Å²) in [6, 6.07) is 5.70. The van der Waals surface area contributed by atoms with Gasteiger partial charge in [0, 0.05) is 18.2 Å². The minimum absolute atomic E-state index is 0.406. The van der Waals surface area contributed by atoms with Crippen LogP contribution in [0.4, 0.5) is 0 Å². The van der Waals surface area contributed by atoms with Crippen LogP contribution in [-0.4, -0.2) is 18.3 Å². The molecule has 0 aromatic heterocycles. The van der Waals surface area contributed by atoms with Gasteiger partial charge in [0.2, 0.25) is 0 Å². The van der Waals surface area contributed by atoms with E-state index in [1.807, 2.05) is 25.1 Å². The zero-order valence-corrected chi connectivity index (χ0v) is 10.9. The second kappa shape index (κ2) is 5.85. The standard InChI is InChI=1S/C14H19ClO2/c1-10-2-3-12(15)9-13(10)14(16)8-11-4-6-17-7-5-11/h2-3,9,11,14,16H,4-8H2,1H3. The molecule has 0 bridgehead atoms. The Hall–Kier alpha value is -0.570. The van der Waals surface area contributed by atoms with Crippen LogP contribution in [-0.2, 0) is 4.74 Å². The van der Waals surface area contributed by atoms with Crippen molar-refractivity contribution in [1.29, 1.82) is 0 Å². The number of hydrogen-bond acceptors (Lipinski definition) is 2. The smallest absolute Gasteiger partial charge is 0.0795 e. The van der Waals surface area contributed by atoms with Gasteiger partial charge in [-0.3, -0.25) is 0 Å². The molecule has 1 atom stereocenters. The van der Waals surface area contributed by atoms with E-state index in [2.05, 4.69) is 0 Å². The number of aryl methyl sites for hydroxylation is 1. The van der Waals surface area contributed by atoms with Crippen molar-refractivity contribution < 1.29 is 9.84 Å². The number of ether oxygens (including phenoxy) is 1. The molecule has 94 valence electrons. The van der Waals surface area contributed by atoms with Gasteiger partial charge in [-0.15, -0.1) is 0 Å². The Kier molecular flexibility index (Phi) is 4.43. The number of rotatable bonds is 3. The fourth-order valence-corrected chi connectivity index (χ4v) is 2.58. The molecule has 1 unspecified atom stereocenters. The maximum Gasteiger partial charge on any atom is 0.0795 e. The predicted octanol–water partition coefficient (Wildman–Crippen LogP) is 3.50. The van der Waals surface area contributed by atoms with Crippen LogP contribution < -0.4 is 0 Å². The van der Waals surface area contributed by atoms with Crippen LogP contribution in [0.25, 0.3) is 0 Å². The Morgan fingerprint density at radius 2 is 2.12 bits per heavy atom. The molecule has 0 amide bonds. The molecule has 2 nitrogen and oxygen atoms in total. The molecule has 0 saturated carbocycles. The second-order valence-corrected chi connectivity index (χ2v) is 5.24. The van der Waals surface area contributed by atoms with Crippen molar-refractivity contribution in [3.63, 3.8) is 0 Å². The highest BCUT2D eigenvalue weighted by Crippen LogP contribution is 2.30. The molecule has 2 rings (SSSR count). The Morgan fingerprint density at radius 1 is 1.41 bits per heavy atom. The third kappa shape index (κ3) is 3.44. The fourth-order valence-electron chi connectivity index (χ4n) is 2.40. The van der Waals surface area contributed by atoms with Crippen LogP contribution in [0.2, 0.25) is 5.02 Å². The molecule has 1 aromatic carbocycles. The molecule has 0 radical (unpaired) electrons. The van der Waals surface area contributed by atoms with Gasteiger partial charge in [0.15, 0.2) is 0 Å². The highest BCUT2D eigenvalue weighted by atomic mass is 35.5. The molecule has 3 heteroatoms. The van der Waals surface area contributed by atoms with Gasteiger partial charge in [0.05, 0.1) is 6.10 Å². The highest BCUT2D eigenvalue weighted by molar-refractivity contribution is 6.30. The minimum atomic E-state index is -0.406. The molecule has 1 heterocycles. The molecule has 1 fully saturated rings. The van der Waals surface area contributed by atoms with Crippen LogP contribution >= 0.6 is 11.6 Å². The zero-order chi connectivity index (χ0) is 12.3. The van der Waals surface area contributed by atoms with Gasteiger partial charge in [0.25, 0.3) is 0 Å². The van der Waals surface area contributed by atoms with Gasteiger partial charge in [-0.05, 0) is 55.4 Å². The number of aliphatic hydroxyl groups is 1. The molecule has 17 heavy (non-hydrogen) atoms. The number of aliphatic hydroxyl groups excluding tert-OH is 1. The molecular formula is C14H19ClO2. The summed E-state index contributed by atoms with van der Waals surface area (Å²) in [7, 11) is 0. The van der Waals surface area contributed by atoms with E-state index in [0.29, 0.717) is 10.9 Å². The van der Waals surface area contributed by atoms with Gasteiger partial charge in [-0.2, -0.15) is 0 Å². The van der Waals surface area contributed by atoms with E-state index in [1.165, 1.54) is 0 Å². The van der Waals surface area contributed by atoms with E-state index < -0.39 is 6.10 Å². The van der Waals surface area contributed by atoms with Crippen LogP contribution in [0.3, 0.4) is 0 Å². The van der Waals surface area contributed by atoms with Crippen LogP contribution in [0.1, 0.15) is 36.5 Å². The predicted molar refractivity (Wildman–Crippen MR) is 69.3 cm³/mol. The van der Waals surface area contributed by atoms with Gasteiger partial charge in [-0.25, -0.2) is 0 Å². The molecule has 1 saturated heterocycles. The van der Waals surface area contributed by atoms with E-state index >= 15 is 0 Å². The summed E-state index contributed by atoms with van der Waals surface area (Å²) in [5, 5.41) is 11.0. The molecule has 1 N–H and O–H groups in total. The Labute approximate surface area is 108 Å². The summed E-state index contributed by atoms with van der Waals surface area (Å²) in [4.78, 5) is 0. The summed E-state index contributed by atoms with van der Waals surface area (Å²) in [6.45, 7) is 3.66. The Bertz CT molecular complexity index is 372. The van der Waals surface area contributed by atoms with E-state index in [9.17, 15) is 5.11 Å². The summed E-state index contributed by atoms with van der Waals surface area (Å²) >= 11 is 5.97. The average Bonchev–Trinajstić information content (AvgIpc) is 2.33. The lowest BCUT2D eigenvalue weighted by Crippen LogP contribution is -2.18.